The minimum atomic E-state index is -0.0779. The summed E-state index contributed by atoms with van der Waals surface area (Å²) in [6, 6.07) is 1.95. The molecule has 0 bridgehead atoms. The first kappa shape index (κ1) is 13.3. The first-order chi connectivity index (χ1) is 9.20. The first-order valence-corrected chi connectivity index (χ1v) is 7.96. The molecule has 0 amide bonds. The third kappa shape index (κ3) is 3.66. The number of halogens is 1. The van der Waals surface area contributed by atoms with Crippen molar-refractivity contribution >= 4 is 21.7 Å². The molecule has 1 aromatic rings. The summed E-state index contributed by atoms with van der Waals surface area (Å²) in [6.45, 7) is 0.945. The summed E-state index contributed by atoms with van der Waals surface area (Å²) in [6.07, 6.45) is 6.45. The predicted octanol–water partition coefficient (Wildman–Crippen LogP) is 3.08. The van der Waals surface area contributed by atoms with Crippen LogP contribution in [0.25, 0.3) is 0 Å². The number of aliphatic hydroxyl groups excluding tert-OH is 1. The van der Waals surface area contributed by atoms with Crippen LogP contribution in [0, 0.1) is 5.92 Å². The highest BCUT2D eigenvalue weighted by Gasteiger charge is 2.27. The van der Waals surface area contributed by atoms with Gasteiger partial charge in [-0.05, 0) is 60.4 Å². The molecule has 0 unspecified atom stereocenters. The largest absolute Gasteiger partial charge is 0.393 e. The molecule has 0 aromatic carbocycles. The summed E-state index contributed by atoms with van der Waals surface area (Å²) >= 11 is 3.46. The van der Waals surface area contributed by atoms with Crippen LogP contribution in [0.15, 0.2) is 10.7 Å². The Hall–Kier alpha value is -0.680. The van der Waals surface area contributed by atoms with Gasteiger partial charge in [-0.3, -0.25) is 0 Å². The molecular weight excluding hydrogens is 306 g/mol. The van der Waals surface area contributed by atoms with E-state index in [2.05, 4.69) is 31.2 Å². The van der Waals surface area contributed by atoms with Crippen LogP contribution in [0.4, 0.5) is 5.82 Å². The smallest absolute Gasteiger partial charge is 0.135 e. The second-order valence-corrected chi connectivity index (χ2v) is 6.58. The van der Waals surface area contributed by atoms with Gasteiger partial charge in [-0.25, -0.2) is 9.97 Å². The van der Waals surface area contributed by atoms with E-state index in [1.165, 1.54) is 12.8 Å². The van der Waals surface area contributed by atoms with E-state index in [1.54, 1.807) is 0 Å². The Morgan fingerprint density at radius 2 is 1.89 bits per heavy atom. The van der Waals surface area contributed by atoms with Gasteiger partial charge >= 0.3 is 0 Å². The van der Waals surface area contributed by atoms with Crippen LogP contribution in [0.2, 0.25) is 0 Å². The Bertz CT molecular complexity index is 442. The maximum absolute atomic E-state index is 9.51. The third-order valence-corrected chi connectivity index (χ3v) is 4.45. The van der Waals surface area contributed by atoms with E-state index in [0.29, 0.717) is 11.8 Å². The molecule has 2 aliphatic rings. The standard InChI is InChI=1S/C14H20BrN3O/c15-12-7-13(18-14(17-12)10-3-4-10)16-8-9-1-5-11(19)6-2-9/h7,9-11,19H,1-6,8H2,(H,16,17,18). The lowest BCUT2D eigenvalue weighted by molar-refractivity contribution is 0.111. The number of rotatable bonds is 4. The van der Waals surface area contributed by atoms with Crippen molar-refractivity contribution in [3.8, 4) is 0 Å². The molecule has 2 fully saturated rings. The molecule has 2 N–H and O–H groups in total. The van der Waals surface area contributed by atoms with Gasteiger partial charge in [0.05, 0.1) is 6.10 Å². The van der Waals surface area contributed by atoms with E-state index in [0.717, 1.165) is 48.5 Å². The average molecular weight is 326 g/mol. The quantitative estimate of drug-likeness (QED) is 0.835. The van der Waals surface area contributed by atoms with Gasteiger partial charge in [0.15, 0.2) is 0 Å². The highest BCUT2D eigenvalue weighted by atomic mass is 79.9. The van der Waals surface area contributed by atoms with Gasteiger partial charge < -0.3 is 10.4 Å². The van der Waals surface area contributed by atoms with Gasteiger partial charge in [0.1, 0.15) is 16.2 Å². The van der Waals surface area contributed by atoms with E-state index in [9.17, 15) is 5.11 Å². The maximum atomic E-state index is 9.51. The number of nitrogens with one attached hydrogen (secondary N) is 1. The second kappa shape index (κ2) is 5.75. The van der Waals surface area contributed by atoms with Crippen LogP contribution in [-0.2, 0) is 0 Å². The van der Waals surface area contributed by atoms with Crippen molar-refractivity contribution in [3.05, 3.63) is 16.5 Å². The second-order valence-electron chi connectivity index (χ2n) is 5.76. The van der Waals surface area contributed by atoms with Crippen LogP contribution in [0.3, 0.4) is 0 Å². The minimum Gasteiger partial charge on any atom is -0.393 e. The molecule has 0 spiro atoms. The molecule has 0 saturated heterocycles. The Morgan fingerprint density at radius 3 is 2.58 bits per heavy atom. The van der Waals surface area contributed by atoms with Crippen molar-refractivity contribution in [1.82, 2.24) is 9.97 Å². The first-order valence-electron chi connectivity index (χ1n) is 7.17. The molecule has 0 atom stereocenters. The minimum absolute atomic E-state index is 0.0779. The molecule has 0 aliphatic heterocycles. The van der Waals surface area contributed by atoms with E-state index < -0.39 is 0 Å². The topological polar surface area (TPSA) is 58.0 Å². The SMILES string of the molecule is OC1CCC(CNc2cc(Br)nc(C3CC3)n2)CC1. The summed E-state index contributed by atoms with van der Waals surface area (Å²) in [5.74, 6) is 3.12. The molecule has 1 aromatic heterocycles. The zero-order chi connectivity index (χ0) is 13.2. The number of anilines is 1. The van der Waals surface area contributed by atoms with Crippen molar-refractivity contribution in [1.29, 1.82) is 0 Å². The van der Waals surface area contributed by atoms with Gasteiger partial charge in [-0.15, -0.1) is 0 Å². The Kier molecular flexibility index (Phi) is 4.03. The molecule has 2 saturated carbocycles. The normalized spacial score (nSPS) is 27.3. The molecular formula is C14H20BrN3O. The fourth-order valence-electron chi connectivity index (χ4n) is 2.65. The summed E-state index contributed by atoms with van der Waals surface area (Å²) in [7, 11) is 0. The van der Waals surface area contributed by atoms with Crippen molar-refractivity contribution in [2.75, 3.05) is 11.9 Å². The van der Waals surface area contributed by atoms with E-state index in [-0.39, 0.29) is 6.10 Å². The van der Waals surface area contributed by atoms with Crippen molar-refractivity contribution < 1.29 is 5.11 Å². The number of nitrogens with zero attached hydrogens (tertiary/aromatic N) is 2. The summed E-state index contributed by atoms with van der Waals surface area (Å²) < 4.78 is 0.867. The van der Waals surface area contributed by atoms with E-state index >= 15 is 0 Å². The molecule has 1 heterocycles. The van der Waals surface area contributed by atoms with Crippen molar-refractivity contribution in [2.45, 2.75) is 50.5 Å². The summed E-state index contributed by atoms with van der Waals surface area (Å²) in [4.78, 5) is 9.03. The molecule has 2 aliphatic carbocycles. The summed E-state index contributed by atoms with van der Waals surface area (Å²) in [5, 5.41) is 12.9. The zero-order valence-electron chi connectivity index (χ0n) is 11.0. The summed E-state index contributed by atoms with van der Waals surface area (Å²) in [5.41, 5.74) is 0. The van der Waals surface area contributed by atoms with E-state index in [1.807, 2.05) is 6.07 Å². The number of hydrogen-bond donors (Lipinski definition) is 2. The lowest BCUT2D eigenvalue weighted by Gasteiger charge is -2.25. The van der Waals surface area contributed by atoms with E-state index in [4.69, 9.17) is 0 Å². The molecule has 4 nitrogen and oxygen atoms in total. The Morgan fingerprint density at radius 1 is 1.16 bits per heavy atom. The third-order valence-electron chi connectivity index (χ3n) is 4.04. The molecule has 5 heteroatoms. The monoisotopic (exact) mass is 325 g/mol. The predicted molar refractivity (Wildman–Crippen MR) is 78.2 cm³/mol. The van der Waals surface area contributed by atoms with Gasteiger partial charge in [0.2, 0.25) is 0 Å². The fraction of sp³-hybridized carbons (Fsp3) is 0.714. The average Bonchev–Trinajstić information content (AvgIpc) is 3.22. The highest BCUT2D eigenvalue weighted by molar-refractivity contribution is 9.10. The fourth-order valence-corrected chi connectivity index (χ4v) is 3.05. The number of hydrogen-bond acceptors (Lipinski definition) is 4. The Balaban J connectivity index is 1.57. The Labute approximate surface area is 122 Å². The van der Waals surface area contributed by atoms with Gasteiger partial charge in [-0.1, -0.05) is 0 Å². The molecule has 0 radical (unpaired) electrons. The van der Waals surface area contributed by atoms with Gasteiger partial charge in [-0.2, -0.15) is 0 Å². The number of aliphatic hydroxyl groups is 1. The van der Waals surface area contributed by atoms with Crippen molar-refractivity contribution in [2.24, 2.45) is 5.92 Å². The molecule has 104 valence electrons. The lowest BCUT2D eigenvalue weighted by atomic mass is 9.87. The van der Waals surface area contributed by atoms with Crippen LogP contribution in [-0.4, -0.2) is 27.7 Å². The van der Waals surface area contributed by atoms with Gasteiger partial charge in [0.25, 0.3) is 0 Å². The van der Waals surface area contributed by atoms with Crippen LogP contribution in [0.1, 0.15) is 50.3 Å². The zero-order valence-corrected chi connectivity index (χ0v) is 12.6. The van der Waals surface area contributed by atoms with Crippen LogP contribution in [0.5, 0.6) is 0 Å². The molecule has 3 rings (SSSR count). The highest BCUT2D eigenvalue weighted by Crippen LogP contribution is 2.38. The van der Waals surface area contributed by atoms with Crippen LogP contribution < -0.4 is 5.32 Å². The lowest BCUT2D eigenvalue weighted by Crippen LogP contribution is -2.23. The molecule has 19 heavy (non-hydrogen) atoms. The van der Waals surface area contributed by atoms with Crippen LogP contribution >= 0.6 is 15.9 Å². The number of aromatic nitrogens is 2. The van der Waals surface area contributed by atoms with Crippen molar-refractivity contribution in [3.63, 3.8) is 0 Å². The van der Waals surface area contributed by atoms with Gasteiger partial charge in [0, 0.05) is 18.5 Å². The maximum Gasteiger partial charge on any atom is 0.135 e.